The molecule has 0 saturated heterocycles. The minimum Gasteiger partial charge on any atom is -0.384 e. The van der Waals surface area contributed by atoms with Gasteiger partial charge in [-0.2, -0.15) is 13.2 Å². The van der Waals surface area contributed by atoms with E-state index in [-0.39, 0.29) is 5.69 Å². The second-order valence-electron chi connectivity index (χ2n) is 3.98. The Kier molecular flexibility index (Phi) is 3.52. The Balaban J connectivity index is 2.44. The summed E-state index contributed by atoms with van der Waals surface area (Å²) >= 11 is 0. The highest BCUT2D eigenvalue weighted by molar-refractivity contribution is 5.78. The van der Waals surface area contributed by atoms with E-state index in [1.165, 1.54) is 13.2 Å². The summed E-state index contributed by atoms with van der Waals surface area (Å²) in [6, 6.07) is 10.1. The fourth-order valence-electron chi connectivity index (χ4n) is 1.79. The van der Waals surface area contributed by atoms with Crippen molar-refractivity contribution in [3.8, 4) is 0 Å². The number of ether oxygens (including phenoxy) is 1. The number of rotatable bonds is 3. The summed E-state index contributed by atoms with van der Waals surface area (Å²) in [5.41, 5.74) is 0.545. The number of nitrogens with zero attached hydrogens (tertiary/aromatic N) is 1. The van der Waals surface area contributed by atoms with Gasteiger partial charge in [-0.15, -0.1) is 0 Å². The van der Waals surface area contributed by atoms with Crippen LogP contribution in [-0.4, -0.2) is 24.9 Å². The molecule has 0 N–H and O–H groups in total. The number of hydrogen-bond donors (Lipinski definition) is 0. The van der Waals surface area contributed by atoms with Gasteiger partial charge in [0.15, 0.2) is 0 Å². The lowest BCUT2D eigenvalue weighted by molar-refractivity contribution is -0.161. The van der Waals surface area contributed by atoms with E-state index in [4.69, 9.17) is 0 Å². The Bertz CT molecular complexity index is 539. The van der Waals surface area contributed by atoms with Gasteiger partial charge in [-0.25, -0.2) is 0 Å². The van der Waals surface area contributed by atoms with Crippen LogP contribution in [0.4, 0.5) is 13.2 Å². The molecule has 0 aliphatic heterocycles. The second-order valence-corrected chi connectivity index (χ2v) is 3.98. The van der Waals surface area contributed by atoms with Crippen molar-refractivity contribution in [1.29, 1.82) is 0 Å². The number of pyridine rings is 1. The first kappa shape index (κ1) is 12.8. The van der Waals surface area contributed by atoms with E-state index in [0.717, 1.165) is 5.39 Å². The lowest BCUT2D eigenvalue weighted by atomic mass is 10.0. The van der Waals surface area contributed by atoms with Crippen LogP contribution >= 0.6 is 0 Å². The molecule has 2 aromatic rings. The summed E-state index contributed by atoms with van der Waals surface area (Å²) < 4.78 is 43.3. The van der Waals surface area contributed by atoms with Gasteiger partial charge in [0.2, 0.25) is 0 Å². The number of hydrogen-bond acceptors (Lipinski definition) is 2. The summed E-state index contributed by atoms with van der Waals surface area (Å²) in [5.74, 6) is -1.69. The van der Waals surface area contributed by atoms with Crippen molar-refractivity contribution < 1.29 is 17.9 Å². The molecule has 1 aromatic carbocycles. The summed E-state index contributed by atoms with van der Waals surface area (Å²) in [5, 5.41) is 0.819. The zero-order valence-corrected chi connectivity index (χ0v) is 9.74. The van der Waals surface area contributed by atoms with E-state index in [1.807, 2.05) is 12.1 Å². The minimum absolute atomic E-state index is 0.0111. The van der Waals surface area contributed by atoms with Crippen molar-refractivity contribution in [2.45, 2.75) is 12.1 Å². The monoisotopic (exact) mass is 255 g/mol. The Hall–Kier alpha value is -1.62. The molecule has 2 nitrogen and oxygen atoms in total. The topological polar surface area (TPSA) is 22.1 Å². The zero-order chi connectivity index (χ0) is 13.2. The maximum atomic E-state index is 12.9. The van der Waals surface area contributed by atoms with E-state index in [1.54, 1.807) is 18.2 Å². The molecule has 0 saturated carbocycles. The molecule has 1 heterocycles. The Morgan fingerprint density at radius 3 is 2.56 bits per heavy atom. The number of methoxy groups -OCH3 is 1. The number of alkyl halides is 3. The Morgan fingerprint density at radius 1 is 1.17 bits per heavy atom. The van der Waals surface area contributed by atoms with Crippen molar-refractivity contribution in [2.75, 3.05) is 13.7 Å². The highest BCUT2D eigenvalue weighted by atomic mass is 19.4. The summed E-state index contributed by atoms with van der Waals surface area (Å²) in [6.07, 6.45) is -4.36. The first-order chi connectivity index (χ1) is 8.52. The summed E-state index contributed by atoms with van der Waals surface area (Å²) in [6.45, 7) is -0.422. The predicted octanol–water partition coefficient (Wildman–Crippen LogP) is 3.53. The van der Waals surface area contributed by atoms with Gasteiger partial charge in [-0.05, 0) is 12.1 Å². The summed E-state index contributed by atoms with van der Waals surface area (Å²) in [7, 11) is 1.25. The standard InChI is InChI=1S/C13H12F3NO/c1-18-8-10(13(14,15)16)12-7-6-9-4-2-3-5-11(9)17-12/h2-7,10H,8H2,1H3. The van der Waals surface area contributed by atoms with E-state index in [2.05, 4.69) is 9.72 Å². The minimum atomic E-state index is -4.36. The highest BCUT2D eigenvalue weighted by Crippen LogP contribution is 2.34. The van der Waals surface area contributed by atoms with E-state index in [0.29, 0.717) is 5.52 Å². The van der Waals surface area contributed by atoms with Crippen molar-refractivity contribution in [3.63, 3.8) is 0 Å². The fraction of sp³-hybridized carbons (Fsp3) is 0.308. The van der Waals surface area contributed by atoms with Crippen LogP contribution < -0.4 is 0 Å². The van der Waals surface area contributed by atoms with E-state index >= 15 is 0 Å². The van der Waals surface area contributed by atoms with Gasteiger partial charge in [0, 0.05) is 12.5 Å². The molecule has 0 aliphatic rings. The largest absolute Gasteiger partial charge is 0.399 e. The molecule has 1 atom stereocenters. The molecular weight excluding hydrogens is 243 g/mol. The van der Waals surface area contributed by atoms with Gasteiger partial charge >= 0.3 is 6.18 Å². The van der Waals surface area contributed by atoms with Crippen LogP contribution in [-0.2, 0) is 4.74 Å². The van der Waals surface area contributed by atoms with E-state index in [9.17, 15) is 13.2 Å². The lowest BCUT2D eigenvalue weighted by Gasteiger charge is -2.19. The normalized spacial score (nSPS) is 13.8. The first-order valence-corrected chi connectivity index (χ1v) is 5.43. The SMILES string of the molecule is COCC(c1ccc2ccccc2n1)C(F)(F)F. The molecule has 96 valence electrons. The van der Waals surface area contributed by atoms with Gasteiger partial charge in [0.1, 0.15) is 5.92 Å². The van der Waals surface area contributed by atoms with Crippen molar-refractivity contribution in [2.24, 2.45) is 0 Å². The highest BCUT2D eigenvalue weighted by Gasteiger charge is 2.41. The van der Waals surface area contributed by atoms with E-state index < -0.39 is 18.7 Å². The molecule has 0 spiro atoms. The van der Waals surface area contributed by atoms with Crippen LogP contribution in [0, 0.1) is 0 Å². The molecule has 0 radical (unpaired) electrons. The number of benzene rings is 1. The molecule has 0 amide bonds. The second kappa shape index (κ2) is 4.94. The molecule has 0 bridgehead atoms. The van der Waals surface area contributed by atoms with Crippen molar-refractivity contribution >= 4 is 10.9 Å². The van der Waals surface area contributed by atoms with Crippen LogP contribution in [0.25, 0.3) is 10.9 Å². The first-order valence-electron chi connectivity index (χ1n) is 5.43. The van der Waals surface area contributed by atoms with Crippen LogP contribution in [0.5, 0.6) is 0 Å². The van der Waals surface area contributed by atoms with Gasteiger partial charge in [0.05, 0.1) is 17.8 Å². The average Bonchev–Trinajstić information content (AvgIpc) is 2.34. The van der Waals surface area contributed by atoms with Crippen LogP contribution in [0.2, 0.25) is 0 Å². The number of fused-ring (bicyclic) bond motifs is 1. The molecule has 18 heavy (non-hydrogen) atoms. The number of halogens is 3. The summed E-state index contributed by atoms with van der Waals surface area (Å²) in [4.78, 5) is 4.06. The van der Waals surface area contributed by atoms with Gasteiger partial charge < -0.3 is 4.74 Å². The quantitative estimate of drug-likeness (QED) is 0.837. The van der Waals surface area contributed by atoms with Crippen molar-refractivity contribution in [3.05, 3.63) is 42.1 Å². The molecular formula is C13H12F3NO. The third-order valence-corrected chi connectivity index (χ3v) is 2.71. The lowest BCUT2D eigenvalue weighted by Crippen LogP contribution is -2.25. The molecule has 0 fully saturated rings. The fourth-order valence-corrected chi connectivity index (χ4v) is 1.79. The van der Waals surface area contributed by atoms with Crippen LogP contribution in [0.3, 0.4) is 0 Å². The molecule has 5 heteroatoms. The van der Waals surface area contributed by atoms with Gasteiger partial charge in [-0.1, -0.05) is 24.3 Å². The third kappa shape index (κ3) is 2.61. The molecule has 1 unspecified atom stereocenters. The van der Waals surface area contributed by atoms with Crippen LogP contribution in [0.15, 0.2) is 36.4 Å². The van der Waals surface area contributed by atoms with Gasteiger partial charge in [0.25, 0.3) is 0 Å². The maximum absolute atomic E-state index is 12.9. The number of para-hydroxylation sites is 1. The Morgan fingerprint density at radius 2 is 1.89 bits per heavy atom. The Labute approximate surface area is 102 Å². The molecule has 2 rings (SSSR count). The molecule has 0 aliphatic carbocycles. The van der Waals surface area contributed by atoms with Crippen molar-refractivity contribution in [1.82, 2.24) is 4.98 Å². The third-order valence-electron chi connectivity index (χ3n) is 2.71. The van der Waals surface area contributed by atoms with Crippen LogP contribution in [0.1, 0.15) is 11.6 Å². The predicted molar refractivity (Wildman–Crippen MR) is 62.4 cm³/mol. The zero-order valence-electron chi connectivity index (χ0n) is 9.74. The average molecular weight is 255 g/mol. The maximum Gasteiger partial charge on any atom is 0.399 e. The van der Waals surface area contributed by atoms with Gasteiger partial charge in [-0.3, -0.25) is 4.98 Å². The molecule has 1 aromatic heterocycles. The smallest absolute Gasteiger partial charge is 0.384 e. The number of aromatic nitrogens is 1.